The first kappa shape index (κ1) is 11.1. The van der Waals surface area contributed by atoms with Gasteiger partial charge in [-0.2, -0.15) is 0 Å². The van der Waals surface area contributed by atoms with Gasteiger partial charge in [0.2, 0.25) is 0 Å². The maximum Gasteiger partial charge on any atom is 0.0732 e. The molecule has 0 aromatic carbocycles. The van der Waals surface area contributed by atoms with Gasteiger partial charge >= 0.3 is 0 Å². The molecule has 0 aliphatic heterocycles. The molecule has 0 saturated heterocycles. The molecule has 0 spiro atoms. The molecule has 0 N–H and O–H groups in total. The maximum absolute atomic E-state index is 5.70. The first-order valence-corrected chi connectivity index (χ1v) is 7.22. The molecule has 2 aromatic heterocycles. The summed E-state index contributed by atoms with van der Waals surface area (Å²) in [6.07, 6.45) is 13.4. The van der Waals surface area contributed by atoms with Crippen LogP contribution in [0.25, 0.3) is 0 Å². The SMILES string of the molecule is c1c2c(nn1On1cc3c(n1)CCCC3)CCCC2. The van der Waals surface area contributed by atoms with Crippen LogP contribution in [-0.2, 0) is 25.7 Å². The van der Waals surface area contributed by atoms with E-state index in [2.05, 4.69) is 10.2 Å². The summed E-state index contributed by atoms with van der Waals surface area (Å²) in [6.45, 7) is 0. The lowest BCUT2D eigenvalue weighted by atomic mass is 9.99. The van der Waals surface area contributed by atoms with Gasteiger partial charge in [-0.3, -0.25) is 0 Å². The van der Waals surface area contributed by atoms with E-state index in [-0.39, 0.29) is 0 Å². The summed E-state index contributed by atoms with van der Waals surface area (Å²) in [6, 6.07) is 0. The Kier molecular flexibility index (Phi) is 2.57. The Morgan fingerprint density at radius 1 is 0.737 bits per heavy atom. The highest BCUT2D eigenvalue weighted by Gasteiger charge is 2.16. The van der Waals surface area contributed by atoms with E-state index in [9.17, 15) is 0 Å². The number of rotatable bonds is 2. The minimum atomic E-state index is 1.07. The second-order valence-electron chi connectivity index (χ2n) is 5.50. The van der Waals surface area contributed by atoms with E-state index in [0.717, 1.165) is 25.7 Å². The van der Waals surface area contributed by atoms with Crippen LogP contribution in [0.15, 0.2) is 12.4 Å². The van der Waals surface area contributed by atoms with Crippen molar-refractivity contribution >= 4 is 0 Å². The molecule has 0 atom stereocenters. The number of nitrogens with zero attached hydrogens (tertiary/aromatic N) is 4. The highest BCUT2D eigenvalue weighted by atomic mass is 16.8. The van der Waals surface area contributed by atoms with Gasteiger partial charge in [0.25, 0.3) is 0 Å². The third-order valence-corrected chi connectivity index (χ3v) is 4.10. The van der Waals surface area contributed by atoms with Crippen LogP contribution in [0.3, 0.4) is 0 Å². The molecule has 5 heteroatoms. The number of fused-ring (bicyclic) bond motifs is 2. The van der Waals surface area contributed by atoms with Crippen molar-refractivity contribution in [2.24, 2.45) is 0 Å². The summed E-state index contributed by atoms with van der Waals surface area (Å²) in [5.41, 5.74) is 5.01. The molecule has 4 rings (SSSR count). The third kappa shape index (κ3) is 2.03. The predicted octanol–water partition coefficient (Wildman–Crippen LogP) is 1.73. The summed E-state index contributed by atoms with van der Waals surface area (Å²) in [4.78, 5) is 8.82. The van der Waals surface area contributed by atoms with Gasteiger partial charge in [0.1, 0.15) is 0 Å². The first-order chi connectivity index (χ1) is 9.38. The third-order valence-electron chi connectivity index (χ3n) is 4.10. The molecule has 5 nitrogen and oxygen atoms in total. The van der Waals surface area contributed by atoms with E-state index in [1.54, 1.807) is 9.69 Å². The lowest BCUT2D eigenvalue weighted by Gasteiger charge is -2.06. The van der Waals surface area contributed by atoms with Crippen molar-refractivity contribution in [2.75, 3.05) is 0 Å². The van der Waals surface area contributed by atoms with Gasteiger partial charge in [-0.25, -0.2) is 4.94 Å². The maximum atomic E-state index is 5.70. The van der Waals surface area contributed by atoms with Crippen LogP contribution in [0.4, 0.5) is 0 Å². The Hall–Kier alpha value is -1.78. The molecular formula is C14H18N4O. The Morgan fingerprint density at radius 3 is 1.68 bits per heavy atom. The summed E-state index contributed by atoms with van der Waals surface area (Å²) >= 11 is 0. The molecule has 0 unspecified atom stereocenters. The zero-order valence-corrected chi connectivity index (χ0v) is 11.0. The van der Waals surface area contributed by atoms with Gasteiger partial charge in [0.05, 0.1) is 23.8 Å². The van der Waals surface area contributed by atoms with Crippen LogP contribution >= 0.6 is 0 Å². The average molecular weight is 258 g/mol. The second kappa shape index (κ2) is 4.40. The minimum Gasteiger partial charge on any atom is -0.247 e. The normalized spacial score (nSPS) is 17.9. The highest BCUT2D eigenvalue weighted by molar-refractivity contribution is 5.20. The van der Waals surface area contributed by atoms with Crippen LogP contribution in [-0.4, -0.2) is 19.9 Å². The average Bonchev–Trinajstić information content (AvgIpc) is 3.00. The molecule has 2 aromatic rings. The fourth-order valence-corrected chi connectivity index (χ4v) is 3.06. The second-order valence-corrected chi connectivity index (χ2v) is 5.50. The van der Waals surface area contributed by atoms with Crippen LogP contribution in [0.2, 0.25) is 0 Å². The van der Waals surface area contributed by atoms with Crippen molar-refractivity contribution in [3.05, 3.63) is 34.9 Å². The Balaban J connectivity index is 1.57. The van der Waals surface area contributed by atoms with Crippen molar-refractivity contribution < 1.29 is 4.94 Å². The van der Waals surface area contributed by atoms with Gasteiger partial charge in [-0.15, -0.1) is 10.2 Å². The summed E-state index contributed by atoms with van der Waals surface area (Å²) in [7, 11) is 0. The molecule has 0 radical (unpaired) electrons. The topological polar surface area (TPSA) is 44.9 Å². The molecule has 19 heavy (non-hydrogen) atoms. The van der Waals surface area contributed by atoms with E-state index in [4.69, 9.17) is 4.94 Å². The summed E-state index contributed by atoms with van der Waals surface area (Å²) in [5, 5.41) is 8.97. The van der Waals surface area contributed by atoms with Crippen molar-refractivity contribution in [2.45, 2.75) is 51.4 Å². The molecule has 100 valence electrons. The van der Waals surface area contributed by atoms with Crippen molar-refractivity contribution in [1.29, 1.82) is 0 Å². The Morgan fingerprint density at radius 2 is 1.21 bits per heavy atom. The number of aryl methyl sites for hydroxylation is 4. The molecule has 0 amide bonds. The number of hydrogen-bond acceptors (Lipinski definition) is 3. The predicted molar refractivity (Wildman–Crippen MR) is 69.7 cm³/mol. The molecule has 0 saturated carbocycles. The van der Waals surface area contributed by atoms with E-state index < -0.39 is 0 Å². The van der Waals surface area contributed by atoms with Gasteiger partial charge in [0.15, 0.2) is 0 Å². The largest absolute Gasteiger partial charge is 0.247 e. The first-order valence-electron chi connectivity index (χ1n) is 7.22. The van der Waals surface area contributed by atoms with Crippen LogP contribution in [0.5, 0.6) is 0 Å². The van der Waals surface area contributed by atoms with Crippen molar-refractivity contribution in [3.8, 4) is 0 Å². The molecule has 2 heterocycles. The molecule has 0 bridgehead atoms. The van der Waals surface area contributed by atoms with Gasteiger partial charge in [0, 0.05) is 0 Å². The van der Waals surface area contributed by atoms with E-state index in [0.29, 0.717) is 0 Å². The van der Waals surface area contributed by atoms with Crippen molar-refractivity contribution in [3.63, 3.8) is 0 Å². The Labute approximate surface area is 112 Å². The van der Waals surface area contributed by atoms with Crippen LogP contribution in [0.1, 0.15) is 48.2 Å². The fraction of sp³-hybridized carbons (Fsp3) is 0.571. The molecular weight excluding hydrogens is 240 g/mol. The minimum absolute atomic E-state index is 1.07. The summed E-state index contributed by atoms with van der Waals surface area (Å²) < 4.78 is 0. The van der Waals surface area contributed by atoms with E-state index >= 15 is 0 Å². The monoisotopic (exact) mass is 258 g/mol. The number of hydrogen-bond donors (Lipinski definition) is 0. The standard InChI is InChI=1S/C14H18N4O/c1-3-7-13-11(5-1)9-17(15-13)19-18-10-12-6-2-4-8-14(12)16-18/h9-10H,1-8H2. The van der Waals surface area contributed by atoms with E-state index in [1.807, 2.05) is 12.4 Å². The van der Waals surface area contributed by atoms with Crippen molar-refractivity contribution in [1.82, 2.24) is 19.9 Å². The highest BCUT2D eigenvalue weighted by Crippen LogP contribution is 2.20. The zero-order valence-electron chi connectivity index (χ0n) is 11.0. The van der Waals surface area contributed by atoms with Gasteiger partial charge in [-0.05, 0) is 62.5 Å². The fourth-order valence-electron chi connectivity index (χ4n) is 3.06. The van der Waals surface area contributed by atoms with Gasteiger partial charge in [-0.1, -0.05) is 9.69 Å². The quantitative estimate of drug-likeness (QED) is 0.824. The van der Waals surface area contributed by atoms with Gasteiger partial charge < -0.3 is 0 Å². The molecule has 2 aliphatic rings. The van der Waals surface area contributed by atoms with Crippen LogP contribution < -0.4 is 4.94 Å². The Bertz CT molecular complexity index is 499. The van der Waals surface area contributed by atoms with Crippen LogP contribution in [0, 0.1) is 0 Å². The molecule has 2 aliphatic carbocycles. The lowest BCUT2D eigenvalue weighted by molar-refractivity contribution is -0.0103. The number of aromatic nitrogens is 4. The molecule has 0 fully saturated rings. The smallest absolute Gasteiger partial charge is 0.0732 e. The summed E-state index contributed by atoms with van der Waals surface area (Å²) in [5.74, 6) is 0. The lowest BCUT2D eigenvalue weighted by Crippen LogP contribution is -2.19. The van der Waals surface area contributed by atoms with E-state index in [1.165, 1.54) is 48.2 Å². The zero-order chi connectivity index (χ0) is 12.7.